The number of rotatable bonds is 5. The third-order valence-corrected chi connectivity index (χ3v) is 4.19. The number of halogens is 3. The highest BCUT2D eigenvalue weighted by atomic mass is 19.4. The summed E-state index contributed by atoms with van der Waals surface area (Å²) in [6.45, 7) is 4.40. The van der Waals surface area contributed by atoms with Gasteiger partial charge in [-0.25, -0.2) is 4.98 Å². The van der Waals surface area contributed by atoms with Crippen molar-refractivity contribution in [3.63, 3.8) is 0 Å². The Balaban J connectivity index is 1.57. The van der Waals surface area contributed by atoms with Gasteiger partial charge in [-0.1, -0.05) is 5.16 Å². The van der Waals surface area contributed by atoms with Gasteiger partial charge in [0.05, 0.1) is 18.8 Å². The highest BCUT2D eigenvalue weighted by Crippen LogP contribution is 2.35. The molecule has 1 aliphatic heterocycles. The minimum Gasteiger partial charge on any atom is -0.477 e. The van der Waals surface area contributed by atoms with E-state index in [1.165, 1.54) is 12.3 Å². The Bertz CT molecular complexity index is 702. The van der Waals surface area contributed by atoms with Crippen LogP contribution in [0, 0.1) is 12.8 Å². The number of hydrogen-bond acceptors (Lipinski definition) is 5. The first-order chi connectivity index (χ1) is 11.9. The Morgan fingerprint density at radius 3 is 2.96 bits per heavy atom. The third kappa shape index (κ3) is 4.72. The van der Waals surface area contributed by atoms with Crippen LogP contribution in [0.25, 0.3) is 0 Å². The lowest BCUT2D eigenvalue weighted by molar-refractivity contribution is -0.139. The van der Waals surface area contributed by atoms with Crippen molar-refractivity contribution in [1.29, 1.82) is 0 Å². The maximum absolute atomic E-state index is 13.0. The summed E-state index contributed by atoms with van der Waals surface area (Å²) in [6, 6.07) is 4.14. The minimum atomic E-state index is -4.47. The van der Waals surface area contributed by atoms with Crippen molar-refractivity contribution in [1.82, 2.24) is 15.0 Å². The fourth-order valence-corrected chi connectivity index (χ4v) is 3.06. The van der Waals surface area contributed by atoms with E-state index in [-0.39, 0.29) is 18.4 Å². The SMILES string of the molecule is Cc1cc(CN2CCCC(COc3ncccc3C(F)(F)F)C2)on1. The monoisotopic (exact) mass is 355 g/mol. The van der Waals surface area contributed by atoms with Crippen LogP contribution in [0.15, 0.2) is 28.9 Å². The van der Waals surface area contributed by atoms with Crippen LogP contribution in [0.5, 0.6) is 5.88 Å². The van der Waals surface area contributed by atoms with Crippen LogP contribution in [0.4, 0.5) is 13.2 Å². The van der Waals surface area contributed by atoms with E-state index in [9.17, 15) is 13.2 Å². The lowest BCUT2D eigenvalue weighted by Gasteiger charge is -2.31. The first-order valence-electron chi connectivity index (χ1n) is 8.21. The van der Waals surface area contributed by atoms with Crippen LogP contribution in [0.3, 0.4) is 0 Å². The zero-order valence-electron chi connectivity index (χ0n) is 13.9. The summed E-state index contributed by atoms with van der Waals surface area (Å²) in [5, 5.41) is 3.87. The maximum atomic E-state index is 13.0. The quantitative estimate of drug-likeness (QED) is 0.819. The van der Waals surface area contributed by atoms with Crippen LogP contribution in [0.1, 0.15) is 29.9 Å². The predicted octanol–water partition coefficient (Wildman–Crippen LogP) is 3.69. The van der Waals surface area contributed by atoms with E-state index in [2.05, 4.69) is 15.0 Å². The molecule has 0 spiro atoms. The lowest BCUT2D eigenvalue weighted by Crippen LogP contribution is -2.37. The molecule has 1 fully saturated rings. The van der Waals surface area contributed by atoms with Crippen molar-refractivity contribution in [3.8, 4) is 5.88 Å². The molecule has 1 aliphatic rings. The van der Waals surface area contributed by atoms with Gasteiger partial charge < -0.3 is 9.26 Å². The van der Waals surface area contributed by atoms with Crippen LogP contribution >= 0.6 is 0 Å². The second kappa shape index (κ2) is 7.43. The normalized spacial score (nSPS) is 19.1. The van der Waals surface area contributed by atoms with Crippen molar-refractivity contribution in [2.24, 2.45) is 5.92 Å². The third-order valence-electron chi connectivity index (χ3n) is 4.19. The molecule has 1 atom stereocenters. The Kier molecular flexibility index (Phi) is 5.27. The molecule has 1 saturated heterocycles. The average Bonchev–Trinajstić information content (AvgIpc) is 2.98. The molecule has 3 rings (SSSR count). The fraction of sp³-hybridized carbons (Fsp3) is 0.529. The van der Waals surface area contributed by atoms with Gasteiger partial charge in [-0.05, 0) is 38.4 Å². The Morgan fingerprint density at radius 1 is 1.40 bits per heavy atom. The Morgan fingerprint density at radius 2 is 2.24 bits per heavy atom. The standard InChI is InChI=1S/C17H20F3N3O2/c1-12-8-14(25-22-12)10-23-7-3-4-13(9-23)11-24-16-15(17(18,19)20)5-2-6-21-16/h2,5-6,8,13H,3-4,7,9-11H2,1H3. The van der Waals surface area contributed by atoms with E-state index in [1.807, 2.05) is 13.0 Å². The summed E-state index contributed by atoms with van der Waals surface area (Å²) in [5.41, 5.74) is 0.00141. The van der Waals surface area contributed by atoms with Crippen LogP contribution in [-0.4, -0.2) is 34.7 Å². The molecule has 5 nitrogen and oxygen atoms in total. The molecule has 1 unspecified atom stereocenters. The molecule has 8 heteroatoms. The summed E-state index contributed by atoms with van der Waals surface area (Å²) in [4.78, 5) is 5.95. The highest BCUT2D eigenvalue weighted by molar-refractivity contribution is 5.28. The first-order valence-corrected chi connectivity index (χ1v) is 8.21. The van der Waals surface area contributed by atoms with Gasteiger partial charge in [0.1, 0.15) is 5.56 Å². The van der Waals surface area contributed by atoms with E-state index >= 15 is 0 Å². The summed E-state index contributed by atoms with van der Waals surface area (Å²) in [5.74, 6) is 0.599. The van der Waals surface area contributed by atoms with Gasteiger partial charge >= 0.3 is 6.18 Å². The Labute approximate surface area is 143 Å². The van der Waals surface area contributed by atoms with E-state index in [0.717, 1.165) is 43.5 Å². The first kappa shape index (κ1) is 17.7. The molecule has 2 aromatic heterocycles. The Hall–Kier alpha value is -2.09. The molecule has 0 bridgehead atoms. The van der Waals surface area contributed by atoms with E-state index < -0.39 is 11.7 Å². The lowest BCUT2D eigenvalue weighted by atomic mass is 9.99. The molecule has 136 valence electrons. The molecule has 0 N–H and O–H groups in total. The number of alkyl halides is 3. The van der Waals surface area contributed by atoms with Crippen LogP contribution in [0.2, 0.25) is 0 Å². The molecule has 3 heterocycles. The molecular formula is C17H20F3N3O2. The smallest absolute Gasteiger partial charge is 0.421 e. The van der Waals surface area contributed by atoms with Crippen molar-refractivity contribution < 1.29 is 22.4 Å². The topological polar surface area (TPSA) is 51.4 Å². The molecule has 0 radical (unpaired) electrons. The molecule has 2 aromatic rings. The fourth-order valence-electron chi connectivity index (χ4n) is 3.06. The van der Waals surface area contributed by atoms with Crippen molar-refractivity contribution in [3.05, 3.63) is 41.4 Å². The van der Waals surface area contributed by atoms with Gasteiger partial charge in [0.2, 0.25) is 5.88 Å². The van der Waals surface area contributed by atoms with E-state index in [1.54, 1.807) is 0 Å². The van der Waals surface area contributed by atoms with Gasteiger partial charge in [0.25, 0.3) is 0 Å². The van der Waals surface area contributed by atoms with E-state index in [0.29, 0.717) is 6.54 Å². The minimum absolute atomic E-state index is 0.154. The van der Waals surface area contributed by atoms with Crippen molar-refractivity contribution in [2.45, 2.75) is 32.5 Å². The molecule has 0 amide bonds. The van der Waals surface area contributed by atoms with Crippen molar-refractivity contribution in [2.75, 3.05) is 19.7 Å². The van der Waals surface area contributed by atoms with Gasteiger partial charge in [-0.15, -0.1) is 0 Å². The molecule has 0 aromatic carbocycles. The maximum Gasteiger partial charge on any atom is 0.421 e. The van der Waals surface area contributed by atoms with Gasteiger partial charge in [-0.3, -0.25) is 4.90 Å². The zero-order chi connectivity index (χ0) is 17.9. The second-order valence-electron chi connectivity index (χ2n) is 6.34. The summed E-state index contributed by atoms with van der Waals surface area (Å²) in [6.07, 6.45) is -1.27. The summed E-state index contributed by atoms with van der Waals surface area (Å²) in [7, 11) is 0. The van der Waals surface area contributed by atoms with Crippen LogP contribution < -0.4 is 4.74 Å². The zero-order valence-corrected chi connectivity index (χ0v) is 13.9. The highest BCUT2D eigenvalue weighted by Gasteiger charge is 2.35. The molecule has 25 heavy (non-hydrogen) atoms. The summed E-state index contributed by atoms with van der Waals surface area (Å²) >= 11 is 0. The number of likely N-dealkylation sites (tertiary alicyclic amines) is 1. The second-order valence-corrected chi connectivity index (χ2v) is 6.34. The van der Waals surface area contributed by atoms with Crippen molar-refractivity contribution >= 4 is 0 Å². The molecular weight excluding hydrogens is 335 g/mol. The summed E-state index contributed by atoms with van der Waals surface area (Å²) < 4.78 is 49.6. The number of aromatic nitrogens is 2. The predicted molar refractivity (Wildman–Crippen MR) is 84.0 cm³/mol. The molecule has 0 aliphatic carbocycles. The molecule has 0 saturated carbocycles. The number of nitrogens with zero attached hydrogens (tertiary/aromatic N) is 3. The number of aryl methyl sites for hydroxylation is 1. The van der Waals surface area contributed by atoms with Gasteiger partial charge in [-0.2, -0.15) is 13.2 Å². The van der Waals surface area contributed by atoms with E-state index in [4.69, 9.17) is 9.26 Å². The number of piperidine rings is 1. The average molecular weight is 355 g/mol. The number of hydrogen-bond donors (Lipinski definition) is 0. The van der Waals surface area contributed by atoms with Gasteiger partial charge in [0.15, 0.2) is 5.76 Å². The van der Waals surface area contributed by atoms with Gasteiger partial charge in [0, 0.05) is 24.7 Å². The van der Waals surface area contributed by atoms with Crippen LogP contribution in [-0.2, 0) is 12.7 Å². The number of pyridine rings is 1. The largest absolute Gasteiger partial charge is 0.477 e. The number of ether oxygens (including phenoxy) is 1.